The summed E-state index contributed by atoms with van der Waals surface area (Å²) >= 11 is 0. The SMILES string of the molecule is C[C@H](NC(=O)[C@@H](N)Cc1cnc[nH]1)C(=O)N[C@@H](Cc1cnc[nH]1)C(=O)N[C@@H](Cc1cnc[nH]1)C(=O)O. The zero-order valence-electron chi connectivity index (χ0n) is 19.4. The summed E-state index contributed by atoms with van der Waals surface area (Å²) in [5.41, 5.74) is 7.62. The van der Waals surface area contributed by atoms with Crippen molar-refractivity contribution in [1.82, 2.24) is 45.9 Å². The summed E-state index contributed by atoms with van der Waals surface area (Å²) in [7, 11) is 0. The topological polar surface area (TPSA) is 237 Å². The Hall–Kier alpha value is -4.53. The first-order valence-corrected chi connectivity index (χ1v) is 11.0. The number of aliphatic carboxylic acids is 1. The molecule has 36 heavy (non-hydrogen) atoms. The molecule has 0 bridgehead atoms. The van der Waals surface area contributed by atoms with Gasteiger partial charge in [0, 0.05) is 54.9 Å². The molecular weight excluding hydrogens is 472 g/mol. The van der Waals surface area contributed by atoms with E-state index in [9.17, 15) is 24.3 Å². The number of carbonyl (C=O) groups is 4. The molecule has 3 rings (SSSR count). The predicted octanol–water partition coefficient (Wildman–Crippen LogP) is -2.23. The summed E-state index contributed by atoms with van der Waals surface area (Å²) in [5.74, 6) is -3.19. The molecule has 0 spiro atoms. The summed E-state index contributed by atoms with van der Waals surface area (Å²) in [4.78, 5) is 70.0. The van der Waals surface area contributed by atoms with Crippen molar-refractivity contribution in [2.75, 3.05) is 0 Å². The van der Waals surface area contributed by atoms with Gasteiger partial charge in [-0.2, -0.15) is 0 Å². The van der Waals surface area contributed by atoms with E-state index in [1.807, 2.05) is 0 Å². The first-order valence-electron chi connectivity index (χ1n) is 11.0. The van der Waals surface area contributed by atoms with Crippen molar-refractivity contribution in [3.8, 4) is 0 Å². The van der Waals surface area contributed by atoms with Gasteiger partial charge in [0.25, 0.3) is 0 Å². The Morgan fingerprint density at radius 3 is 1.72 bits per heavy atom. The molecule has 4 atom stereocenters. The maximum atomic E-state index is 13.0. The molecule has 0 aliphatic heterocycles. The molecule has 3 aromatic rings. The number of carbonyl (C=O) groups excluding carboxylic acids is 3. The van der Waals surface area contributed by atoms with Crippen LogP contribution in [-0.4, -0.2) is 82.9 Å². The number of aromatic nitrogens is 6. The number of amides is 3. The molecule has 3 heterocycles. The highest BCUT2D eigenvalue weighted by atomic mass is 16.4. The van der Waals surface area contributed by atoms with Gasteiger partial charge in [-0.05, 0) is 6.92 Å². The van der Waals surface area contributed by atoms with Gasteiger partial charge in [-0.1, -0.05) is 0 Å². The van der Waals surface area contributed by atoms with Gasteiger partial charge < -0.3 is 41.7 Å². The zero-order valence-corrected chi connectivity index (χ0v) is 19.4. The fourth-order valence-electron chi connectivity index (χ4n) is 3.32. The van der Waals surface area contributed by atoms with Crippen molar-refractivity contribution >= 4 is 23.7 Å². The smallest absolute Gasteiger partial charge is 0.326 e. The molecule has 3 amide bonds. The number of aromatic amines is 3. The van der Waals surface area contributed by atoms with E-state index in [2.05, 4.69) is 45.9 Å². The van der Waals surface area contributed by atoms with Crippen molar-refractivity contribution in [2.45, 2.75) is 50.4 Å². The maximum Gasteiger partial charge on any atom is 0.326 e. The van der Waals surface area contributed by atoms with Crippen LogP contribution >= 0.6 is 0 Å². The van der Waals surface area contributed by atoms with Crippen LogP contribution in [0.4, 0.5) is 0 Å². The van der Waals surface area contributed by atoms with E-state index >= 15 is 0 Å². The number of nitrogens with zero attached hydrogens (tertiary/aromatic N) is 3. The number of H-pyrrole nitrogens is 3. The molecule has 0 fully saturated rings. The lowest BCUT2D eigenvalue weighted by Gasteiger charge is -2.23. The Bertz CT molecular complexity index is 1130. The second-order valence-corrected chi connectivity index (χ2v) is 8.14. The number of nitrogens with one attached hydrogen (secondary N) is 6. The van der Waals surface area contributed by atoms with Gasteiger partial charge in [0.2, 0.25) is 17.7 Å². The average Bonchev–Trinajstić information content (AvgIpc) is 3.62. The van der Waals surface area contributed by atoms with Crippen LogP contribution in [-0.2, 0) is 38.4 Å². The lowest BCUT2D eigenvalue weighted by Crippen LogP contribution is -2.57. The normalized spacial score (nSPS) is 14.3. The minimum atomic E-state index is -1.27. The van der Waals surface area contributed by atoms with E-state index in [4.69, 9.17) is 5.73 Å². The molecule has 0 saturated carbocycles. The second kappa shape index (κ2) is 12.3. The quantitative estimate of drug-likeness (QED) is 0.126. The molecule has 192 valence electrons. The number of carboxylic acid groups (broad SMARTS) is 1. The van der Waals surface area contributed by atoms with Crippen molar-refractivity contribution in [3.63, 3.8) is 0 Å². The van der Waals surface area contributed by atoms with E-state index in [0.717, 1.165) is 0 Å². The van der Waals surface area contributed by atoms with Gasteiger partial charge in [0.05, 0.1) is 25.0 Å². The number of carboxylic acids is 1. The van der Waals surface area contributed by atoms with Crippen LogP contribution in [0.5, 0.6) is 0 Å². The molecule has 15 heteroatoms. The summed E-state index contributed by atoms with van der Waals surface area (Å²) in [6.07, 6.45) is 8.91. The maximum absolute atomic E-state index is 13.0. The van der Waals surface area contributed by atoms with Crippen molar-refractivity contribution in [1.29, 1.82) is 0 Å². The molecule has 0 radical (unpaired) electrons. The van der Waals surface area contributed by atoms with Crippen LogP contribution in [0.3, 0.4) is 0 Å². The molecule has 0 unspecified atom stereocenters. The van der Waals surface area contributed by atoms with E-state index in [1.54, 1.807) is 6.20 Å². The van der Waals surface area contributed by atoms with Crippen molar-refractivity contribution in [2.24, 2.45) is 5.73 Å². The van der Waals surface area contributed by atoms with E-state index in [-0.39, 0.29) is 19.3 Å². The van der Waals surface area contributed by atoms with Gasteiger partial charge >= 0.3 is 5.97 Å². The van der Waals surface area contributed by atoms with Crippen molar-refractivity contribution < 1.29 is 24.3 Å². The molecule has 0 aromatic carbocycles. The molecule has 0 aliphatic rings. The second-order valence-electron chi connectivity index (χ2n) is 8.14. The minimum absolute atomic E-state index is 0.00791. The number of nitrogens with two attached hydrogens (primary N) is 1. The summed E-state index contributed by atoms with van der Waals surface area (Å²) in [6.45, 7) is 1.44. The van der Waals surface area contributed by atoms with Gasteiger partial charge in [-0.25, -0.2) is 19.7 Å². The van der Waals surface area contributed by atoms with Gasteiger partial charge in [-0.15, -0.1) is 0 Å². The molecule has 9 N–H and O–H groups in total. The number of hydrogen-bond acceptors (Lipinski definition) is 8. The van der Waals surface area contributed by atoms with Crippen LogP contribution in [0, 0.1) is 0 Å². The third-order valence-corrected chi connectivity index (χ3v) is 5.29. The molecule has 0 aliphatic carbocycles. The highest BCUT2D eigenvalue weighted by Gasteiger charge is 2.29. The third kappa shape index (κ3) is 7.49. The fourth-order valence-corrected chi connectivity index (χ4v) is 3.32. The Balaban J connectivity index is 1.63. The summed E-state index contributed by atoms with van der Waals surface area (Å²) in [6, 6.07) is -4.37. The summed E-state index contributed by atoms with van der Waals surface area (Å²) in [5, 5.41) is 17.1. The molecular formula is C21H28N10O5. The zero-order chi connectivity index (χ0) is 26.1. The molecule has 3 aromatic heterocycles. The van der Waals surface area contributed by atoms with Crippen molar-refractivity contribution in [3.05, 3.63) is 54.7 Å². The number of rotatable bonds is 13. The summed E-state index contributed by atoms with van der Waals surface area (Å²) < 4.78 is 0. The van der Waals surface area contributed by atoms with Gasteiger partial charge in [0.15, 0.2) is 0 Å². The first kappa shape index (κ1) is 26.1. The third-order valence-electron chi connectivity index (χ3n) is 5.29. The van der Waals surface area contributed by atoms with Gasteiger partial charge in [0.1, 0.15) is 18.1 Å². The largest absolute Gasteiger partial charge is 0.480 e. The Kier molecular flexibility index (Phi) is 8.88. The number of imidazole rings is 3. The lowest BCUT2D eigenvalue weighted by molar-refractivity contribution is -0.142. The van der Waals surface area contributed by atoms with Crippen LogP contribution in [0.2, 0.25) is 0 Å². The predicted molar refractivity (Wildman–Crippen MR) is 124 cm³/mol. The average molecular weight is 501 g/mol. The standard InChI is InChI=1S/C21H28N10O5/c1-11(29-19(33)15(22)2-12-5-23-8-26-12)18(32)30-16(3-13-6-24-9-27-13)20(34)31-17(21(35)36)4-14-7-25-10-28-14/h5-11,15-17H,2-4,22H2,1H3,(H,23,26)(H,24,27)(H,25,28)(H,29,33)(H,30,32)(H,31,34)(H,35,36)/t11-,15-,16-,17-/m0/s1. The highest BCUT2D eigenvalue weighted by molar-refractivity contribution is 5.94. The van der Waals surface area contributed by atoms with Crippen LogP contribution in [0.15, 0.2) is 37.6 Å². The van der Waals surface area contributed by atoms with E-state index < -0.39 is 47.9 Å². The highest BCUT2D eigenvalue weighted by Crippen LogP contribution is 2.04. The van der Waals surface area contributed by atoms with Crippen LogP contribution < -0.4 is 21.7 Å². The Morgan fingerprint density at radius 1 is 0.778 bits per heavy atom. The van der Waals surface area contributed by atoms with E-state index in [1.165, 1.54) is 38.3 Å². The van der Waals surface area contributed by atoms with Crippen LogP contribution in [0.25, 0.3) is 0 Å². The number of hydrogen-bond donors (Lipinski definition) is 8. The van der Waals surface area contributed by atoms with Crippen LogP contribution in [0.1, 0.15) is 24.0 Å². The fraction of sp³-hybridized carbons (Fsp3) is 0.381. The molecule has 15 nitrogen and oxygen atoms in total. The molecule has 0 saturated heterocycles. The van der Waals surface area contributed by atoms with Gasteiger partial charge in [-0.3, -0.25) is 14.4 Å². The minimum Gasteiger partial charge on any atom is -0.480 e. The Labute approximate surface area is 205 Å². The lowest BCUT2D eigenvalue weighted by atomic mass is 10.1. The Morgan fingerprint density at radius 2 is 1.25 bits per heavy atom. The van der Waals surface area contributed by atoms with E-state index in [0.29, 0.717) is 17.1 Å². The first-order chi connectivity index (χ1) is 17.2. The monoisotopic (exact) mass is 500 g/mol.